The Morgan fingerprint density at radius 3 is 2.71 bits per heavy atom. The maximum Gasteiger partial charge on any atom is 0.387 e. The van der Waals surface area contributed by atoms with Gasteiger partial charge >= 0.3 is 12.6 Å². The minimum absolute atomic E-state index is 0.00263. The Hall–Kier alpha value is -2.52. The molecule has 0 radical (unpaired) electrons. The third-order valence-electron chi connectivity index (χ3n) is 6.73. The van der Waals surface area contributed by atoms with E-state index in [4.69, 9.17) is 4.74 Å². The third kappa shape index (κ3) is 3.59. The molecule has 2 saturated heterocycles. The standard InChI is InChI=1S/C22H25F2N3O4/c1-11-8-26-9-12(6-14(26)7-25-11)15-4-5-16-18(20(15)31-22(23)24)27(13-2-3-13)10-17(19(16)28)21(29)30/h4-5,10-14,22,25H,2-3,6-9H2,1H3,(H,29,30)/t11-,12?,14?/m0/s1. The van der Waals surface area contributed by atoms with E-state index in [1.165, 1.54) is 6.20 Å². The number of ether oxygens (including phenoxy) is 1. The van der Waals surface area contributed by atoms with Gasteiger partial charge in [0, 0.05) is 55.4 Å². The molecule has 7 nitrogen and oxygen atoms in total. The second-order valence-corrected chi connectivity index (χ2v) is 8.92. The fourth-order valence-corrected chi connectivity index (χ4v) is 5.16. The van der Waals surface area contributed by atoms with Crippen molar-refractivity contribution < 1.29 is 23.4 Å². The number of carboxylic acid groups (broad SMARTS) is 1. The Kier molecular flexibility index (Phi) is 4.97. The van der Waals surface area contributed by atoms with E-state index in [-0.39, 0.29) is 34.2 Å². The molecule has 1 aliphatic carbocycles. The minimum atomic E-state index is -3.04. The van der Waals surface area contributed by atoms with Crippen LogP contribution >= 0.6 is 0 Å². The molecule has 3 fully saturated rings. The Labute approximate surface area is 177 Å². The number of carboxylic acids is 1. The van der Waals surface area contributed by atoms with Crippen molar-refractivity contribution in [2.45, 2.75) is 56.8 Å². The molecule has 1 aromatic heterocycles. The van der Waals surface area contributed by atoms with Gasteiger partial charge in [-0.1, -0.05) is 6.07 Å². The Balaban J connectivity index is 1.67. The van der Waals surface area contributed by atoms with Crippen molar-refractivity contribution in [3.63, 3.8) is 0 Å². The lowest BCUT2D eigenvalue weighted by Crippen LogP contribution is -2.52. The quantitative estimate of drug-likeness (QED) is 0.755. The van der Waals surface area contributed by atoms with Crippen molar-refractivity contribution in [3.05, 3.63) is 39.7 Å². The minimum Gasteiger partial charge on any atom is -0.477 e. The van der Waals surface area contributed by atoms with Crippen molar-refractivity contribution >= 4 is 16.9 Å². The highest BCUT2D eigenvalue weighted by molar-refractivity contribution is 5.95. The molecule has 3 atom stereocenters. The van der Waals surface area contributed by atoms with Gasteiger partial charge in [-0.25, -0.2) is 4.79 Å². The van der Waals surface area contributed by atoms with E-state index in [1.54, 1.807) is 16.7 Å². The topological polar surface area (TPSA) is 83.8 Å². The first-order chi connectivity index (χ1) is 14.8. The number of hydrogen-bond acceptors (Lipinski definition) is 5. The molecule has 2 aromatic rings. The van der Waals surface area contributed by atoms with Crippen molar-refractivity contribution in [2.24, 2.45) is 0 Å². The van der Waals surface area contributed by atoms with Gasteiger partial charge in [-0.3, -0.25) is 9.69 Å². The number of alkyl halides is 2. The smallest absolute Gasteiger partial charge is 0.387 e. The molecule has 1 saturated carbocycles. The van der Waals surface area contributed by atoms with Crippen LogP contribution in [0.1, 0.15) is 54.1 Å². The Morgan fingerprint density at radius 1 is 1.26 bits per heavy atom. The van der Waals surface area contributed by atoms with Gasteiger partial charge in [-0.15, -0.1) is 0 Å². The fourth-order valence-electron chi connectivity index (χ4n) is 5.16. The lowest BCUT2D eigenvalue weighted by Gasteiger charge is -2.34. The average molecular weight is 433 g/mol. The zero-order valence-corrected chi connectivity index (χ0v) is 17.2. The van der Waals surface area contributed by atoms with Gasteiger partial charge in [-0.2, -0.15) is 8.78 Å². The Bertz CT molecular complexity index is 1100. The van der Waals surface area contributed by atoms with E-state index in [1.807, 2.05) is 0 Å². The van der Waals surface area contributed by atoms with E-state index in [9.17, 15) is 23.5 Å². The molecule has 0 bridgehead atoms. The van der Waals surface area contributed by atoms with Crippen molar-refractivity contribution in [3.8, 4) is 5.75 Å². The first-order valence-corrected chi connectivity index (χ1v) is 10.7. The van der Waals surface area contributed by atoms with Gasteiger partial charge in [-0.05, 0) is 32.3 Å². The number of carbonyl (C=O) groups is 1. The number of aromatic carboxylic acids is 1. The molecule has 3 heterocycles. The van der Waals surface area contributed by atoms with Gasteiger partial charge in [0.1, 0.15) is 5.56 Å². The van der Waals surface area contributed by atoms with E-state index < -0.39 is 18.0 Å². The van der Waals surface area contributed by atoms with Gasteiger partial charge in [0.25, 0.3) is 0 Å². The molecule has 2 aliphatic heterocycles. The number of benzene rings is 1. The molecular formula is C22H25F2N3O4. The highest BCUT2D eigenvalue weighted by Gasteiger charge is 2.38. The number of fused-ring (bicyclic) bond motifs is 2. The predicted molar refractivity (Wildman–Crippen MR) is 110 cm³/mol. The molecular weight excluding hydrogens is 408 g/mol. The second-order valence-electron chi connectivity index (χ2n) is 8.92. The number of halogens is 2. The molecule has 1 aromatic carbocycles. The summed E-state index contributed by atoms with van der Waals surface area (Å²) >= 11 is 0. The molecule has 2 unspecified atom stereocenters. The van der Waals surface area contributed by atoms with Gasteiger partial charge in [0.2, 0.25) is 5.43 Å². The van der Waals surface area contributed by atoms with Crippen molar-refractivity contribution in [1.29, 1.82) is 0 Å². The maximum absolute atomic E-state index is 13.5. The zero-order valence-electron chi connectivity index (χ0n) is 17.2. The highest BCUT2D eigenvalue weighted by Crippen LogP contribution is 2.44. The Morgan fingerprint density at radius 2 is 2.03 bits per heavy atom. The summed E-state index contributed by atoms with van der Waals surface area (Å²) in [7, 11) is 0. The summed E-state index contributed by atoms with van der Waals surface area (Å²) in [6, 6.07) is 3.93. The largest absolute Gasteiger partial charge is 0.477 e. The molecule has 31 heavy (non-hydrogen) atoms. The summed E-state index contributed by atoms with van der Waals surface area (Å²) in [5.74, 6) is -1.31. The summed E-state index contributed by atoms with van der Waals surface area (Å²) in [6.45, 7) is 1.57. The van der Waals surface area contributed by atoms with Gasteiger partial charge < -0.3 is 19.7 Å². The van der Waals surface area contributed by atoms with Crippen LogP contribution in [0.2, 0.25) is 0 Å². The van der Waals surface area contributed by atoms with Crippen LogP contribution in [0.3, 0.4) is 0 Å². The molecule has 3 aliphatic rings. The van der Waals surface area contributed by atoms with Crippen LogP contribution in [-0.2, 0) is 0 Å². The summed E-state index contributed by atoms with van der Waals surface area (Å²) in [5.41, 5.74) is -0.0847. The van der Waals surface area contributed by atoms with Crippen molar-refractivity contribution in [1.82, 2.24) is 14.8 Å². The number of aromatic nitrogens is 1. The highest BCUT2D eigenvalue weighted by atomic mass is 19.3. The lowest BCUT2D eigenvalue weighted by atomic mass is 9.93. The number of piperazine rings is 1. The zero-order chi connectivity index (χ0) is 21.9. The summed E-state index contributed by atoms with van der Waals surface area (Å²) in [6.07, 6.45) is 3.71. The van der Waals surface area contributed by atoms with E-state index in [0.29, 0.717) is 17.6 Å². The number of hydrogen-bond donors (Lipinski definition) is 2. The van der Waals surface area contributed by atoms with Crippen LogP contribution in [0.25, 0.3) is 10.9 Å². The van der Waals surface area contributed by atoms with Crippen LogP contribution in [0.4, 0.5) is 8.78 Å². The monoisotopic (exact) mass is 433 g/mol. The number of nitrogens with zero attached hydrogens (tertiary/aromatic N) is 2. The van der Waals surface area contributed by atoms with Gasteiger partial charge in [0.05, 0.1) is 10.9 Å². The SMILES string of the molecule is C[C@H]1CN2CC(c3ccc4c(=O)c(C(=O)O)cn(C5CC5)c4c3OC(F)F)CC2CN1. The second kappa shape index (κ2) is 7.56. The number of rotatable bonds is 5. The summed E-state index contributed by atoms with van der Waals surface area (Å²) in [5, 5.41) is 13.0. The molecule has 5 rings (SSSR count). The van der Waals surface area contributed by atoms with Crippen molar-refractivity contribution in [2.75, 3.05) is 19.6 Å². The van der Waals surface area contributed by atoms with Crippen LogP contribution in [-0.4, -0.2) is 58.9 Å². The number of nitrogens with one attached hydrogen (secondary N) is 1. The van der Waals surface area contributed by atoms with Crippen LogP contribution in [0, 0.1) is 0 Å². The summed E-state index contributed by atoms with van der Waals surface area (Å²) in [4.78, 5) is 26.8. The maximum atomic E-state index is 13.5. The molecule has 9 heteroatoms. The lowest BCUT2D eigenvalue weighted by molar-refractivity contribution is -0.0498. The molecule has 0 amide bonds. The van der Waals surface area contributed by atoms with E-state index in [0.717, 1.165) is 38.9 Å². The average Bonchev–Trinajstić information content (AvgIpc) is 3.47. The molecule has 0 spiro atoms. The van der Waals surface area contributed by atoms with Crippen LogP contribution < -0.4 is 15.5 Å². The van der Waals surface area contributed by atoms with Gasteiger partial charge in [0.15, 0.2) is 5.75 Å². The molecule has 2 N–H and O–H groups in total. The first kappa shape index (κ1) is 20.4. The first-order valence-electron chi connectivity index (χ1n) is 10.7. The number of pyridine rings is 1. The molecule has 166 valence electrons. The van der Waals surface area contributed by atoms with Crippen LogP contribution in [0.5, 0.6) is 5.75 Å². The van der Waals surface area contributed by atoms with E-state index in [2.05, 4.69) is 17.1 Å². The summed E-state index contributed by atoms with van der Waals surface area (Å²) < 4.78 is 33.7. The van der Waals surface area contributed by atoms with Crippen LogP contribution in [0.15, 0.2) is 23.1 Å². The normalized spacial score (nSPS) is 26.4. The fraction of sp³-hybridized carbons (Fsp3) is 0.545. The third-order valence-corrected chi connectivity index (χ3v) is 6.73. The predicted octanol–water partition coefficient (Wildman–Crippen LogP) is 2.79. The van der Waals surface area contributed by atoms with E-state index >= 15 is 0 Å².